The number of carboxylic acids is 1. The van der Waals surface area contributed by atoms with Crippen LogP contribution in [0.15, 0.2) is 18.2 Å². The summed E-state index contributed by atoms with van der Waals surface area (Å²) in [6.07, 6.45) is 1.70. The Bertz CT molecular complexity index is 694. The van der Waals surface area contributed by atoms with Gasteiger partial charge in [0.1, 0.15) is 0 Å². The van der Waals surface area contributed by atoms with Crippen molar-refractivity contribution in [3.05, 3.63) is 33.8 Å². The number of carboxylic acid groups (broad SMARTS) is 1. The summed E-state index contributed by atoms with van der Waals surface area (Å²) in [7, 11) is 0. The van der Waals surface area contributed by atoms with Crippen LogP contribution in [0.25, 0.3) is 0 Å². The SMILES string of the molecule is CC1(C)[C@H](C(=O)O)[C@@H]1C(=O)NC1CCN(Cc2cc(Cl)cc(Cl)c2)CC1. The van der Waals surface area contributed by atoms with Crippen LogP contribution in [0.3, 0.4) is 0 Å². The first-order valence-electron chi connectivity index (χ1n) is 8.89. The van der Waals surface area contributed by atoms with Crippen LogP contribution in [0.2, 0.25) is 10.0 Å². The van der Waals surface area contributed by atoms with Gasteiger partial charge in [0.25, 0.3) is 0 Å². The Balaban J connectivity index is 1.48. The van der Waals surface area contributed by atoms with E-state index in [4.69, 9.17) is 23.2 Å². The number of carbonyl (C=O) groups excluding carboxylic acids is 1. The zero-order chi connectivity index (χ0) is 19.1. The quantitative estimate of drug-likeness (QED) is 0.796. The summed E-state index contributed by atoms with van der Waals surface area (Å²) in [5.41, 5.74) is 0.622. The highest BCUT2D eigenvalue weighted by Crippen LogP contribution is 2.58. The van der Waals surface area contributed by atoms with E-state index in [0.717, 1.165) is 38.0 Å². The van der Waals surface area contributed by atoms with E-state index in [2.05, 4.69) is 10.2 Å². The van der Waals surface area contributed by atoms with Gasteiger partial charge in [0.15, 0.2) is 0 Å². The van der Waals surface area contributed by atoms with E-state index in [0.29, 0.717) is 10.0 Å². The summed E-state index contributed by atoms with van der Waals surface area (Å²) in [6.45, 7) is 6.19. The predicted octanol–water partition coefficient (Wildman–Crippen LogP) is 3.43. The Morgan fingerprint density at radius 1 is 1.15 bits per heavy atom. The number of hydrogen-bond donors (Lipinski definition) is 2. The minimum atomic E-state index is -0.884. The maximum atomic E-state index is 12.4. The van der Waals surface area contributed by atoms with E-state index in [1.54, 1.807) is 6.07 Å². The average molecular weight is 399 g/mol. The Morgan fingerprint density at radius 2 is 1.73 bits per heavy atom. The molecule has 26 heavy (non-hydrogen) atoms. The molecule has 1 amide bonds. The van der Waals surface area contributed by atoms with Crippen molar-refractivity contribution in [1.29, 1.82) is 0 Å². The van der Waals surface area contributed by atoms with Crippen molar-refractivity contribution in [3.8, 4) is 0 Å². The Morgan fingerprint density at radius 3 is 2.23 bits per heavy atom. The highest BCUT2D eigenvalue weighted by Gasteiger charge is 2.66. The van der Waals surface area contributed by atoms with Crippen molar-refractivity contribution in [3.63, 3.8) is 0 Å². The van der Waals surface area contributed by atoms with Crippen LogP contribution in [-0.2, 0) is 16.1 Å². The van der Waals surface area contributed by atoms with E-state index in [-0.39, 0.29) is 11.9 Å². The van der Waals surface area contributed by atoms with E-state index >= 15 is 0 Å². The number of amides is 1. The third-order valence-electron chi connectivity index (χ3n) is 5.64. The predicted molar refractivity (Wildman–Crippen MR) is 101 cm³/mol. The van der Waals surface area contributed by atoms with Gasteiger partial charge < -0.3 is 10.4 Å². The second-order valence-electron chi connectivity index (χ2n) is 7.95. The highest BCUT2D eigenvalue weighted by atomic mass is 35.5. The first-order chi connectivity index (χ1) is 12.2. The molecule has 2 atom stereocenters. The van der Waals surface area contributed by atoms with Gasteiger partial charge in [-0.15, -0.1) is 0 Å². The summed E-state index contributed by atoms with van der Waals surface area (Å²) in [6, 6.07) is 5.66. The average Bonchev–Trinajstić information content (AvgIpc) is 3.11. The Labute approximate surface area is 163 Å². The number of aliphatic carboxylic acids is 1. The second-order valence-corrected chi connectivity index (χ2v) is 8.82. The number of benzene rings is 1. The van der Waals surface area contributed by atoms with Gasteiger partial charge in [-0.05, 0) is 42.0 Å². The van der Waals surface area contributed by atoms with Gasteiger partial charge in [-0.25, -0.2) is 0 Å². The standard InChI is InChI=1S/C19H24Cl2N2O3/c1-19(2)15(16(19)18(25)26)17(24)22-14-3-5-23(6-4-14)10-11-7-12(20)9-13(21)8-11/h7-9,14-16H,3-6,10H2,1-2H3,(H,22,24)(H,25,26)/t15-,16+/m1/s1. The molecule has 0 bridgehead atoms. The van der Waals surface area contributed by atoms with Gasteiger partial charge in [0, 0.05) is 35.7 Å². The first-order valence-corrected chi connectivity index (χ1v) is 9.64. The third kappa shape index (κ3) is 4.16. The number of nitrogens with one attached hydrogen (secondary N) is 1. The van der Waals surface area contributed by atoms with E-state index < -0.39 is 23.2 Å². The number of carbonyl (C=O) groups is 2. The van der Waals surface area contributed by atoms with Crippen molar-refractivity contribution in [2.75, 3.05) is 13.1 Å². The summed E-state index contributed by atoms with van der Waals surface area (Å²) in [5.74, 6) is -2.01. The van der Waals surface area contributed by atoms with Gasteiger partial charge in [-0.1, -0.05) is 37.0 Å². The lowest BCUT2D eigenvalue weighted by Crippen LogP contribution is -2.45. The molecule has 1 aromatic carbocycles. The van der Waals surface area contributed by atoms with Crippen LogP contribution in [0.1, 0.15) is 32.3 Å². The normalized spacial score (nSPS) is 25.7. The number of halogens is 2. The van der Waals surface area contributed by atoms with Crippen molar-refractivity contribution >= 4 is 35.1 Å². The van der Waals surface area contributed by atoms with E-state index in [9.17, 15) is 14.7 Å². The lowest BCUT2D eigenvalue weighted by atomic mass is 10.0. The summed E-state index contributed by atoms with van der Waals surface area (Å²) >= 11 is 12.1. The number of hydrogen-bond acceptors (Lipinski definition) is 3. The largest absolute Gasteiger partial charge is 0.481 e. The fraction of sp³-hybridized carbons (Fsp3) is 0.579. The molecule has 1 saturated heterocycles. The van der Waals surface area contributed by atoms with Gasteiger partial charge in [-0.3, -0.25) is 14.5 Å². The number of piperidine rings is 1. The van der Waals surface area contributed by atoms with Crippen LogP contribution in [0.4, 0.5) is 0 Å². The highest BCUT2D eigenvalue weighted by molar-refractivity contribution is 6.34. The Hall–Kier alpha value is -1.30. The maximum Gasteiger partial charge on any atom is 0.307 e. The minimum Gasteiger partial charge on any atom is -0.481 e. The third-order valence-corrected chi connectivity index (χ3v) is 6.07. The molecule has 1 saturated carbocycles. The molecule has 1 heterocycles. The molecule has 2 N–H and O–H groups in total. The molecule has 2 fully saturated rings. The van der Waals surface area contributed by atoms with Crippen LogP contribution in [0.5, 0.6) is 0 Å². The lowest BCUT2D eigenvalue weighted by Gasteiger charge is -2.32. The number of rotatable bonds is 5. The lowest BCUT2D eigenvalue weighted by molar-refractivity contribution is -0.140. The molecule has 1 aromatic rings. The fourth-order valence-electron chi connectivity index (χ4n) is 4.07. The van der Waals surface area contributed by atoms with Crippen LogP contribution < -0.4 is 5.32 Å². The smallest absolute Gasteiger partial charge is 0.307 e. The van der Waals surface area contributed by atoms with E-state index in [1.165, 1.54) is 0 Å². The monoisotopic (exact) mass is 398 g/mol. The molecule has 3 rings (SSSR count). The molecule has 0 unspecified atom stereocenters. The van der Waals surface area contributed by atoms with E-state index in [1.807, 2.05) is 26.0 Å². The molecule has 7 heteroatoms. The van der Waals surface area contributed by atoms with Gasteiger partial charge in [0.2, 0.25) is 5.91 Å². The molecule has 1 aliphatic carbocycles. The zero-order valence-electron chi connectivity index (χ0n) is 15.0. The minimum absolute atomic E-state index is 0.104. The fourth-order valence-corrected chi connectivity index (χ4v) is 4.65. The van der Waals surface area contributed by atoms with Crippen LogP contribution in [-0.4, -0.2) is 41.0 Å². The summed E-state index contributed by atoms with van der Waals surface area (Å²) in [5, 5.41) is 13.5. The van der Waals surface area contributed by atoms with Crippen molar-refractivity contribution in [2.45, 2.75) is 39.3 Å². The molecular formula is C19H24Cl2N2O3. The number of nitrogens with zero attached hydrogens (tertiary/aromatic N) is 1. The van der Waals surface area contributed by atoms with Crippen molar-refractivity contribution in [1.82, 2.24) is 10.2 Å². The van der Waals surface area contributed by atoms with Gasteiger partial charge in [0.05, 0.1) is 11.8 Å². The Kier molecular flexibility index (Phi) is 5.52. The molecule has 1 aliphatic heterocycles. The topological polar surface area (TPSA) is 69.6 Å². The first kappa shape index (κ1) is 19.5. The molecule has 0 spiro atoms. The van der Waals surface area contributed by atoms with Gasteiger partial charge >= 0.3 is 5.97 Å². The molecule has 2 aliphatic rings. The molecule has 0 aromatic heterocycles. The molecule has 0 radical (unpaired) electrons. The van der Waals surface area contributed by atoms with Crippen LogP contribution >= 0.6 is 23.2 Å². The van der Waals surface area contributed by atoms with Crippen LogP contribution in [0, 0.1) is 17.3 Å². The molecular weight excluding hydrogens is 375 g/mol. The van der Waals surface area contributed by atoms with Crippen molar-refractivity contribution < 1.29 is 14.7 Å². The van der Waals surface area contributed by atoms with Gasteiger partial charge in [-0.2, -0.15) is 0 Å². The summed E-state index contributed by atoms with van der Waals surface area (Å²) < 4.78 is 0. The second kappa shape index (κ2) is 7.37. The summed E-state index contributed by atoms with van der Waals surface area (Å²) in [4.78, 5) is 26.0. The maximum absolute atomic E-state index is 12.4. The zero-order valence-corrected chi connectivity index (χ0v) is 16.5. The number of likely N-dealkylation sites (tertiary alicyclic amines) is 1. The van der Waals surface area contributed by atoms with Crippen molar-refractivity contribution in [2.24, 2.45) is 17.3 Å². The molecule has 142 valence electrons. The molecule has 5 nitrogen and oxygen atoms in total.